The predicted octanol–water partition coefficient (Wildman–Crippen LogP) is 3.98. The van der Waals surface area contributed by atoms with Crippen LogP contribution in [0.3, 0.4) is 0 Å². The quantitative estimate of drug-likeness (QED) is 0.142. The number of piperazine rings is 1. The third-order valence-electron chi connectivity index (χ3n) is 9.52. The lowest BCUT2D eigenvalue weighted by atomic mass is 9.93. The molecule has 59 heavy (non-hydrogen) atoms. The Kier molecular flexibility index (Phi) is 12.3. The number of tetrazole rings is 1. The van der Waals surface area contributed by atoms with Crippen molar-refractivity contribution in [3.63, 3.8) is 0 Å². The number of thiazole rings is 1. The van der Waals surface area contributed by atoms with Gasteiger partial charge in [-0.05, 0) is 73.2 Å². The number of pyridine rings is 1. The second-order valence-corrected chi connectivity index (χ2v) is 18.0. The standard InChI is InChI=1S/C41H51N11O6S/c1-40(2,3)31-26-59-39(42-31)44-37(55)28-16-17-50-33(22-28)43-36(49-20-18-48(19-21-49)34(53)24-52(7,8)25-35(54)58-41(4,5)6)30(38(50)56)14-15-32-45-46-47-51(32)23-27-10-12-29(57-9)13-11-27/h10-17,22,26H,18-21,23-25H2,1-9H3/p+1/b15-14+. The Labute approximate surface area is 346 Å². The number of hydrogen-bond acceptors (Lipinski definition) is 13. The number of likely N-dealkylation sites (N-methyl/N-ethyl adjacent to an activating group) is 1. The fourth-order valence-electron chi connectivity index (χ4n) is 6.43. The fourth-order valence-corrected chi connectivity index (χ4v) is 7.36. The molecule has 0 unspecified atom stereocenters. The number of anilines is 2. The van der Waals surface area contributed by atoms with E-state index >= 15 is 0 Å². The number of carbonyl (C=O) groups excluding carboxylic acids is 3. The average Bonchev–Trinajstić information content (AvgIpc) is 3.83. The zero-order chi connectivity index (χ0) is 42.7. The summed E-state index contributed by atoms with van der Waals surface area (Å²) >= 11 is 1.35. The molecule has 1 aliphatic rings. The first kappa shape index (κ1) is 42.6. The molecule has 0 aliphatic carbocycles. The highest BCUT2D eigenvalue weighted by Crippen LogP contribution is 2.27. The highest BCUT2D eigenvalue weighted by Gasteiger charge is 2.32. The smallest absolute Gasteiger partial charge is 0.362 e. The topological polar surface area (TPSA) is 179 Å². The van der Waals surface area contributed by atoms with Crippen LogP contribution in [0.1, 0.15) is 74.5 Å². The number of benzene rings is 1. The molecule has 0 bridgehead atoms. The number of hydrogen-bond donors (Lipinski definition) is 1. The van der Waals surface area contributed by atoms with Crippen molar-refractivity contribution in [1.29, 1.82) is 0 Å². The Hall–Kier alpha value is -6.01. The Bertz CT molecular complexity index is 2410. The van der Waals surface area contributed by atoms with Gasteiger partial charge in [0, 0.05) is 48.7 Å². The van der Waals surface area contributed by atoms with Crippen LogP contribution >= 0.6 is 11.3 Å². The molecular formula is C41H52N11O6S+. The van der Waals surface area contributed by atoms with Gasteiger partial charge in [-0.25, -0.2) is 19.4 Å². The van der Waals surface area contributed by atoms with E-state index in [1.165, 1.54) is 21.9 Å². The Balaban J connectivity index is 1.27. The second-order valence-electron chi connectivity index (χ2n) is 17.1. The van der Waals surface area contributed by atoms with E-state index in [4.69, 9.17) is 14.5 Å². The van der Waals surface area contributed by atoms with Crippen molar-refractivity contribution in [2.45, 2.75) is 59.1 Å². The molecule has 5 heterocycles. The highest BCUT2D eigenvalue weighted by atomic mass is 32.1. The van der Waals surface area contributed by atoms with Crippen molar-refractivity contribution >= 4 is 57.9 Å². The molecule has 1 saturated heterocycles. The summed E-state index contributed by atoms with van der Waals surface area (Å²) < 4.78 is 13.9. The number of nitrogens with one attached hydrogen (secondary N) is 1. The van der Waals surface area contributed by atoms with Gasteiger partial charge in [-0.2, -0.15) is 0 Å². The minimum atomic E-state index is -0.622. The summed E-state index contributed by atoms with van der Waals surface area (Å²) in [6.45, 7) is 13.6. The van der Waals surface area contributed by atoms with Crippen molar-refractivity contribution in [2.24, 2.45) is 0 Å². The van der Waals surface area contributed by atoms with Crippen molar-refractivity contribution < 1.29 is 28.3 Å². The molecule has 1 fully saturated rings. The van der Waals surface area contributed by atoms with E-state index in [2.05, 4.69) is 46.6 Å². The number of amides is 2. The van der Waals surface area contributed by atoms with Crippen LogP contribution in [0.25, 0.3) is 17.8 Å². The first-order valence-electron chi connectivity index (χ1n) is 19.3. The minimum absolute atomic E-state index is 0.0504. The normalized spacial score (nSPS) is 13.9. The molecule has 4 aromatic heterocycles. The molecule has 5 aromatic rings. The maximum absolute atomic E-state index is 14.3. The predicted molar refractivity (Wildman–Crippen MR) is 226 cm³/mol. The maximum Gasteiger partial charge on any atom is 0.362 e. The zero-order valence-electron chi connectivity index (χ0n) is 35.1. The molecule has 2 amide bonds. The van der Waals surface area contributed by atoms with Crippen LogP contribution in [0.4, 0.5) is 10.9 Å². The molecule has 18 heteroatoms. The van der Waals surface area contributed by atoms with Gasteiger partial charge in [-0.15, -0.1) is 16.4 Å². The van der Waals surface area contributed by atoms with E-state index in [1.54, 1.807) is 41.0 Å². The number of esters is 1. The van der Waals surface area contributed by atoms with Crippen LogP contribution in [0.15, 0.2) is 52.8 Å². The molecule has 0 radical (unpaired) electrons. The summed E-state index contributed by atoms with van der Waals surface area (Å²) in [4.78, 5) is 67.1. The number of aromatic nitrogens is 7. The first-order chi connectivity index (χ1) is 27.8. The molecule has 312 valence electrons. The largest absolute Gasteiger partial charge is 0.497 e. The third-order valence-corrected chi connectivity index (χ3v) is 10.3. The third kappa shape index (κ3) is 10.7. The summed E-state index contributed by atoms with van der Waals surface area (Å²) in [7, 11) is 5.26. The zero-order valence-corrected chi connectivity index (χ0v) is 35.9. The second kappa shape index (κ2) is 17.1. The number of methoxy groups -OCH3 is 1. The summed E-state index contributed by atoms with van der Waals surface area (Å²) in [6.07, 6.45) is 4.85. The van der Waals surface area contributed by atoms with Gasteiger partial charge >= 0.3 is 5.97 Å². The number of rotatable bonds is 12. The molecule has 1 aromatic carbocycles. The van der Waals surface area contributed by atoms with Crippen molar-refractivity contribution in [2.75, 3.05) is 70.7 Å². The number of fused-ring (bicyclic) bond motifs is 1. The van der Waals surface area contributed by atoms with E-state index in [-0.39, 0.29) is 57.5 Å². The van der Waals surface area contributed by atoms with Gasteiger partial charge in [0.2, 0.25) is 0 Å². The van der Waals surface area contributed by atoms with Crippen LogP contribution < -0.4 is 20.5 Å². The fraction of sp³-hybridized carbons (Fsp3) is 0.439. The van der Waals surface area contributed by atoms with Crippen LogP contribution in [0.5, 0.6) is 5.75 Å². The summed E-state index contributed by atoms with van der Waals surface area (Å²) in [5.41, 5.74) is 1.52. The van der Waals surface area contributed by atoms with Gasteiger partial charge < -0.3 is 23.8 Å². The van der Waals surface area contributed by atoms with Gasteiger partial charge in [0.15, 0.2) is 24.0 Å². The lowest BCUT2D eigenvalue weighted by Gasteiger charge is -2.37. The molecule has 0 spiro atoms. The van der Waals surface area contributed by atoms with E-state index in [9.17, 15) is 19.2 Å². The van der Waals surface area contributed by atoms with Crippen molar-refractivity contribution in [1.82, 2.24) is 39.5 Å². The van der Waals surface area contributed by atoms with Crippen LogP contribution in [-0.4, -0.2) is 128 Å². The average molecular weight is 827 g/mol. The molecule has 17 nitrogen and oxygen atoms in total. The summed E-state index contributed by atoms with van der Waals surface area (Å²) in [5.74, 6) is 0.687. The van der Waals surface area contributed by atoms with Crippen LogP contribution in [0.2, 0.25) is 0 Å². The van der Waals surface area contributed by atoms with Gasteiger partial charge in [0.1, 0.15) is 22.8 Å². The molecule has 6 rings (SSSR count). The SMILES string of the molecule is COc1ccc(Cn2nnnc2/C=C/c2c(N3CCN(C(=O)C[N+](C)(C)CC(=O)OC(C)(C)C)CC3)nc3cc(C(=O)Nc4nc(C(C)(C)C)cs4)ccn3c2=O)cc1. The number of nitrogens with zero attached hydrogens (tertiary/aromatic N) is 10. The van der Waals surface area contributed by atoms with E-state index in [1.807, 2.05) is 69.4 Å². The first-order valence-corrected chi connectivity index (χ1v) is 20.1. The number of carbonyl (C=O) groups is 3. The lowest BCUT2D eigenvalue weighted by molar-refractivity contribution is -0.875. The minimum Gasteiger partial charge on any atom is -0.497 e. The van der Waals surface area contributed by atoms with E-state index in [0.29, 0.717) is 55.1 Å². The number of quaternary nitrogens is 1. The van der Waals surface area contributed by atoms with Crippen molar-refractivity contribution in [3.05, 3.63) is 86.5 Å². The van der Waals surface area contributed by atoms with E-state index < -0.39 is 5.60 Å². The Morgan fingerprint density at radius 3 is 2.31 bits per heavy atom. The van der Waals surface area contributed by atoms with Crippen LogP contribution in [0, 0.1) is 0 Å². The lowest BCUT2D eigenvalue weighted by Crippen LogP contribution is -2.56. The van der Waals surface area contributed by atoms with Crippen molar-refractivity contribution in [3.8, 4) is 5.75 Å². The summed E-state index contributed by atoms with van der Waals surface area (Å²) in [5, 5.41) is 17.5. The van der Waals surface area contributed by atoms with E-state index in [0.717, 1.165) is 17.0 Å². The van der Waals surface area contributed by atoms with Crippen LogP contribution in [-0.2, 0) is 26.3 Å². The van der Waals surface area contributed by atoms with Gasteiger partial charge in [0.05, 0.1) is 39.0 Å². The maximum atomic E-state index is 14.3. The molecule has 0 saturated carbocycles. The monoisotopic (exact) mass is 826 g/mol. The summed E-state index contributed by atoms with van der Waals surface area (Å²) in [6, 6.07) is 10.7. The van der Waals surface area contributed by atoms with Gasteiger partial charge in [-0.1, -0.05) is 32.9 Å². The Morgan fingerprint density at radius 2 is 1.66 bits per heavy atom. The molecular weight excluding hydrogens is 775 g/mol. The molecule has 0 atom stereocenters. The number of ether oxygens (including phenoxy) is 2. The van der Waals surface area contributed by atoms with Gasteiger partial charge in [0.25, 0.3) is 17.4 Å². The Morgan fingerprint density at radius 1 is 0.949 bits per heavy atom. The molecule has 1 aliphatic heterocycles. The van der Waals surface area contributed by atoms with Gasteiger partial charge in [-0.3, -0.25) is 24.1 Å². The highest BCUT2D eigenvalue weighted by molar-refractivity contribution is 7.14. The molecule has 1 N–H and O–H groups in total.